The molecule has 0 saturated heterocycles. The van der Waals surface area contributed by atoms with E-state index in [0.717, 1.165) is 22.7 Å². The molecule has 0 radical (unpaired) electrons. The van der Waals surface area contributed by atoms with Gasteiger partial charge in [-0.15, -0.1) is 0 Å². The number of carbonyl (C=O) groups is 1. The zero-order chi connectivity index (χ0) is 14.6. The van der Waals surface area contributed by atoms with Crippen LogP contribution in [0, 0.1) is 17.8 Å². The van der Waals surface area contributed by atoms with E-state index in [4.69, 9.17) is 0 Å². The van der Waals surface area contributed by atoms with Crippen LogP contribution in [0.15, 0.2) is 18.2 Å². The molecular weight excluding hydrogens is 264 g/mol. The van der Waals surface area contributed by atoms with Crippen molar-refractivity contribution in [3.05, 3.63) is 29.3 Å². The molecule has 4 nitrogen and oxygen atoms in total. The minimum absolute atomic E-state index is 0.0658. The minimum atomic E-state index is -0.353. The summed E-state index contributed by atoms with van der Waals surface area (Å²) < 4.78 is 0. The topological polar surface area (TPSA) is 52.6 Å². The lowest BCUT2D eigenvalue weighted by atomic mass is 9.82. The summed E-state index contributed by atoms with van der Waals surface area (Å²) in [6, 6.07) is 5.92. The Bertz CT molecular complexity index is 586. The number of benzene rings is 1. The standard InChI is InChI=1S/C17H22N2O2/c1-19-9-13-8-12(4-5-15(13)18-17(19)21)16(20)14-7-10-2-3-11(14)6-10/h4-5,8,10-11,14,16,20H,2-3,6-7,9H2,1H3,(H,18,21). The highest BCUT2D eigenvalue weighted by Crippen LogP contribution is 2.52. The van der Waals surface area contributed by atoms with Crippen molar-refractivity contribution in [2.24, 2.45) is 17.8 Å². The largest absolute Gasteiger partial charge is 0.388 e. The van der Waals surface area contributed by atoms with Gasteiger partial charge in [-0.2, -0.15) is 0 Å². The molecule has 112 valence electrons. The van der Waals surface area contributed by atoms with Crippen molar-refractivity contribution in [3.8, 4) is 0 Å². The van der Waals surface area contributed by atoms with Gasteiger partial charge in [0, 0.05) is 19.3 Å². The van der Waals surface area contributed by atoms with Gasteiger partial charge < -0.3 is 15.3 Å². The van der Waals surface area contributed by atoms with Crippen molar-refractivity contribution < 1.29 is 9.90 Å². The zero-order valence-electron chi connectivity index (χ0n) is 12.4. The first-order valence-electron chi connectivity index (χ1n) is 7.95. The quantitative estimate of drug-likeness (QED) is 0.877. The van der Waals surface area contributed by atoms with Gasteiger partial charge >= 0.3 is 6.03 Å². The van der Waals surface area contributed by atoms with Crippen molar-refractivity contribution in [2.45, 2.75) is 38.3 Å². The van der Waals surface area contributed by atoms with E-state index in [9.17, 15) is 9.90 Å². The van der Waals surface area contributed by atoms with Crippen LogP contribution in [0.4, 0.5) is 10.5 Å². The Kier molecular flexibility index (Phi) is 2.96. The Morgan fingerprint density at radius 1 is 1.33 bits per heavy atom. The van der Waals surface area contributed by atoms with E-state index < -0.39 is 0 Å². The van der Waals surface area contributed by atoms with Gasteiger partial charge in [0.1, 0.15) is 0 Å². The summed E-state index contributed by atoms with van der Waals surface area (Å²) in [5.41, 5.74) is 2.98. The molecule has 2 N–H and O–H groups in total. The van der Waals surface area contributed by atoms with Crippen molar-refractivity contribution >= 4 is 11.7 Å². The van der Waals surface area contributed by atoms with Crippen LogP contribution in [0.5, 0.6) is 0 Å². The number of amides is 2. The average Bonchev–Trinajstić information content (AvgIpc) is 3.10. The molecule has 4 rings (SSSR count). The van der Waals surface area contributed by atoms with Crippen LogP contribution in [-0.4, -0.2) is 23.1 Å². The number of nitrogens with one attached hydrogen (secondary N) is 1. The molecule has 1 aromatic carbocycles. The molecule has 4 unspecified atom stereocenters. The summed E-state index contributed by atoms with van der Waals surface area (Å²) in [6.45, 7) is 0.610. The molecule has 4 heteroatoms. The molecule has 21 heavy (non-hydrogen) atoms. The fourth-order valence-electron chi connectivity index (χ4n) is 4.52. The summed E-state index contributed by atoms with van der Waals surface area (Å²) in [7, 11) is 1.79. The fourth-order valence-corrected chi connectivity index (χ4v) is 4.52. The molecule has 2 aliphatic carbocycles. The number of hydrogen-bond acceptors (Lipinski definition) is 2. The van der Waals surface area contributed by atoms with Gasteiger partial charge in [0.2, 0.25) is 0 Å². The number of rotatable bonds is 2. The zero-order valence-corrected chi connectivity index (χ0v) is 12.4. The van der Waals surface area contributed by atoms with Gasteiger partial charge in [-0.25, -0.2) is 4.79 Å². The molecular formula is C17H22N2O2. The third-order valence-corrected chi connectivity index (χ3v) is 5.66. The van der Waals surface area contributed by atoms with Crippen LogP contribution in [-0.2, 0) is 6.54 Å². The lowest BCUT2D eigenvalue weighted by Crippen LogP contribution is -2.35. The van der Waals surface area contributed by atoms with E-state index in [2.05, 4.69) is 11.4 Å². The van der Waals surface area contributed by atoms with Crippen molar-refractivity contribution in [1.29, 1.82) is 0 Å². The van der Waals surface area contributed by atoms with Crippen molar-refractivity contribution in [2.75, 3.05) is 12.4 Å². The second kappa shape index (κ2) is 4.73. The first kappa shape index (κ1) is 13.1. The summed E-state index contributed by atoms with van der Waals surface area (Å²) in [4.78, 5) is 13.3. The molecule has 0 aromatic heterocycles. The van der Waals surface area contributed by atoms with Gasteiger partial charge in [-0.3, -0.25) is 0 Å². The Morgan fingerprint density at radius 3 is 2.90 bits per heavy atom. The van der Waals surface area contributed by atoms with Crippen molar-refractivity contribution in [1.82, 2.24) is 4.90 Å². The molecule has 3 aliphatic rings. The van der Waals surface area contributed by atoms with E-state index in [1.807, 2.05) is 12.1 Å². The lowest BCUT2D eigenvalue weighted by Gasteiger charge is -2.30. The number of carbonyl (C=O) groups excluding carboxylic acids is 1. The van der Waals surface area contributed by atoms with Crippen LogP contribution < -0.4 is 5.32 Å². The Morgan fingerprint density at radius 2 is 2.19 bits per heavy atom. The van der Waals surface area contributed by atoms with Crippen LogP contribution in [0.1, 0.15) is 42.9 Å². The molecule has 0 spiro atoms. The highest BCUT2D eigenvalue weighted by Gasteiger charge is 2.43. The highest BCUT2D eigenvalue weighted by atomic mass is 16.3. The molecule has 4 atom stereocenters. The normalized spacial score (nSPS) is 32.0. The first-order valence-corrected chi connectivity index (χ1v) is 7.95. The van der Waals surface area contributed by atoms with Gasteiger partial charge in [-0.1, -0.05) is 12.5 Å². The lowest BCUT2D eigenvalue weighted by molar-refractivity contribution is 0.0744. The van der Waals surface area contributed by atoms with Crippen LogP contribution in [0.3, 0.4) is 0 Å². The summed E-state index contributed by atoms with van der Waals surface area (Å²) >= 11 is 0. The van der Waals surface area contributed by atoms with Gasteiger partial charge in [0.05, 0.1) is 6.10 Å². The van der Waals surface area contributed by atoms with E-state index >= 15 is 0 Å². The maximum atomic E-state index is 11.6. The maximum absolute atomic E-state index is 11.6. The summed E-state index contributed by atoms with van der Waals surface area (Å²) in [6.07, 6.45) is 4.78. The number of urea groups is 1. The predicted molar refractivity (Wildman–Crippen MR) is 80.8 cm³/mol. The second-order valence-electron chi connectivity index (χ2n) is 6.99. The Balaban J connectivity index is 1.58. The van der Waals surface area contributed by atoms with Crippen LogP contribution in [0.25, 0.3) is 0 Å². The SMILES string of the molecule is CN1Cc2cc(C(O)C3CC4CCC3C4)ccc2NC1=O. The molecule has 2 amide bonds. The minimum Gasteiger partial charge on any atom is -0.388 e. The smallest absolute Gasteiger partial charge is 0.321 e. The Labute approximate surface area is 125 Å². The Hall–Kier alpha value is -1.55. The first-order chi connectivity index (χ1) is 10.1. The number of aliphatic hydroxyl groups excluding tert-OH is 1. The van der Waals surface area contributed by atoms with Gasteiger partial charge in [0.25, 0.3) is 0 Å². The number of nitrogens with zero attached hydrogens (tertiary/aromatic N) is 1. The molecule has 2 bridgehead atoms. The number of hydrogen-bond donors (Lipinski definition) is 2. The average molecular weight is 286 g/mol. The molecule has 2 fully saturated rings. The highest BCUT2D eigenvalue weighted by molar-refractivity contribution is 5.92. The van der Waals surface area contributed by atoms with E-state index in [1.165, 1.54) is 25.7 Å². The van der Waals surface area contributed by atoms with E-state index in [1.54, 1.807) is 11.9 Å². The van der Waals surface area contributed by atoms with Gasteiger partial charge in [0.15, 0.2) is 0 Å². The van der Waals surface area contributed by atoms with Gasteiger partial charge in [-0.05, 0) is 60.3 Å². The third-order valence-electron chi connectivity index (χ3n) is 5.66. The second-order valence-corrected chi connectivity index (χ2v) is 6.99. The number of anilines is 1. The molecule has 1 aliphatic heterocycles. The van der Waals surface area contributed by atoms with E-state index in [-0.39, 0.29) is 12.1 Å². The molecule has 2 saturated carbocycles. The van der Waals surface area contributed by atoms with Crippen LogP contribution in [0.2, 0.25) is 0 Å². The molecule has 1 heterocycles. The third kappa shape index (κ3) is 2.13. The summed E-state index contributed by atoms with van der Waals surface area (Å²) in [5.74, 6) is 1.99. The number of fused-ring (bicyclic) bond motifs is 3. The molecule has 1 aromatic rings. The fraction of sp³-hybridized carbons (Fsp3) is 0.588. The summed E-state index contributed by atoms with van der Waals surface area (Å²) in [5, 5.41) is 13.6. The van der Waals surface area contributed by atoms with Crippen LogP contribution >= 0.6 is 0 Å². The maximum Gasteiger partial charge on any atom is 0.321 e. The van der Waals surface area contributed by atoms with E-state index in [0.29, 0.717) is 18.4 Å². The van der Waals surface area contributed by atoms with Crippen molar-refractivity contribution in [3.63, 3.8) is 0 Å². The predicted octanol–water partition coefficient (Wildman–Crippen LogP) is 3.13. The number of aliphatic hydroxyl groups is 1. The monoisotopic (exact) mass is 286 g/mol.